The highest BCUT2D eigenvalue weighted by Gasteiger charge is 2.28. The molecule has 9 heteroatoms. The lowest BCUT2D eigenvalue weighted by atomic mass is 9.85. The molecule has 1 aliphatic heterocycles. The Morgan fingerprint density at radius 1 is 1.06 bits per heavy atom. The lowest BCUT2D eigenvalue weighted by molar-refractivity contribution is -0.120. The SMILES string of the molecule is CC(C)(C)OC(=O)NC1CCC(C(=O)Nc2ccc3oc(C(=O)N4CCSCC4)cc3c2)CC1. The van der Waals surface area contributed by atoms with E-state index in [9.17, 15) is 14.4 Å². The Labute approximate surface area is 204 Å². The predicted molar refractivity (Wildman–Crippen MR) is 133 cm³/mol. The average Bonchev–Trinajstić information content (AvgIpc) is 3.22. The second-order valence-corrected chi connectivity index (χ2v) is 11.2. The zero-order chi connectivity index (χ0) is 24.3. The number of nitrogens with one attached hydrogen (secondary N) is 2. The third kappa shape index (κ3) is 6.25. The molecule has 0 spiro atoms. The molecule has 2 heterocycles. The maximum Gasteiger partial charge on any atom is 0.407 e. The van der Waals surface area contributed by atoms with Crippen LogP contribution in [0, 0.1) is 5.92 Å². The molecule has 1 saturated heterocycles. The van der Waals surface area contributed by atoms with Crippen LogP contribution in [0.1, 0.15) is 57.0 Å². The second kappa shape index (κ2) is 10.3. The molecular formula is C25H33N3O5S. The number of thioether (sulfide) groups is 1. The van der Waals surface area contributed by atoms with E-state index in [2.05, 4.69) is 10.6 Å². The van der Waals surface area contributed by atoms with E-state index in [-0.39, 0.29) is 23.8 Å². The van der Waals surface area contributed by atoms with Crippen molar-refractivity contribution in [2.75, 3.05) is 29.9 Å². The number of hydrogen-bond donors (Lipinski definition) is 2. The third-order valence-electron chi connectivity index (χ3n) is 6.11. The number of benzene rings is 1. The summed E-state index contributed by atoms with van der Waals surface area (Å²) in [4.78, 5) is 39.4. The van der Waals surface area contributed by atoms with Crippen LogP contribution in [-0.2, 0) is 9.53 Å². The number of nitrogens with zero attached hydrogens (tertiary/aromatic N) is 1. The zero-order valence-corrected chi connectivity index (χ0v) is 20.8. The van der Waals surface area contributed by atoms with Gasteiger partial charge >= 0.3 is 6.09 Å². The van der Waals surface area contributed by atoms with Crippen molar-refractivity contribution >= 4 is 46.3 Å². The largest absolute Gasteiger partial charge is 0.451 e. The molecular weight excluding hydrogens is 454 g/mol. The van der Waals surface area contributed by atoms with E-state index in [1.54, 1.807) is 18.2 Å². The van der Waals surface area contributed by atoms with E-state index in [1.807, 2.05) is 43.5 Å². The molecule has 1 aliphatic carbocycles. The molecule has 1 saturated carbocycles. The smallest absolute Gasteiger partial charge is 0.407 e. The van der Waals surface area contributed by atoms with Crippen molar-refractivity contribution in [1.29, 1.82) is 0 Å². The molecule has 0 bridgehead atoms. The van der Waals surface area contributed by atoms with Crippen molar-refractivity contribution in [1.82, 2.24) is 10.2 Å². The van der Waals surface area contributed by atoms with E-state index in [0.29, 0.717) is 29.9 Å². The second-order valence-electron chi connectivity index (χ2n) is 9.95. The van der Waals surface area contributed by atoms with Crippen LogP contribution in [-0.4, -0.2) is 59.0 Å². The summed E-state index contributed by atoms with van der Waals surface area (Å²) in [6.45, 7) is 6.97. The molecule has 2 N–H and O–H groups in total. The number of carbonyl (C=O) groups is 3. The number of ether oxygens (including phenoxy) is 1. The van der Waals surface area contributed by atoms with Crippen LogP contribution in [0.3, 0.4) is 0 Å². The van der Waals surface area contributed by atoms with E-state index in [1.165, 1.54) is 0 Å². The number of hydrogen-bond acceptors (Lipinski definition) is 6. The number of rotatable bonds is 4. The van der Waals surface area contributed by atoms with Crippen LogP contribution in [0.15, 0.2) is 28.7 Å². The fourth-order valence-electron chi connectivity index (χ4n) is 4.37. The average molecular weight is 488 g/mol. The summed E-state index contributed by atoms with van der Waals surface area (Å²) in [5.41, 5.74) is 0.778. The third-order valence-corrected chi connectivity index (χ3v) is 7.05. The quantitative estimate of drug-likeness (QED) is 0.651. The zero-order valence-electron chi connectivity index (χ0n) is 20.0. The standard InChI is InChI=1S/C25H33N3O5S/c1-25(2,3)33-24(31)27-18-6-4-16(5-7-18)22(29)26-19-8-9-20-17(14-19)15-21(32-20)23(30)28-10-12-34-13-11-28/h8-9,14-16,18H,4-7,10-13H2,1-3H3,(H,26,29)(H,27,31). The monoisotopic (exact) mass is 487 g/mol. The molecule has 3 amide bonds. The number of alkyl carbamates (subject to hydrolysis) is 1. The van der Waals surface area contributed by atoms with Gasteiger partial charge < -0.3 is 24.7 Å². The van der Waals surface area contributed by atoms with Gasteiger partial charge in [-0.25, -0.2) is 4.79 Å². The van der Waals surface area contributed by atoms with Gasteiger partial charge in [-0.2, -0.15) is 11.8 Å². The van der Waals surface area contributed by atoms with E-state index >= 15 is 0 Å². The van der Waals surface area contributed by atoms with Crippen molar-refractivity contribution < 1.29 is 23.5 Å². The maximum absolute atomic E-state index is 12.8. The lowest BCUT2D eigenvalue weighted by Crippen LogP contribution is -2.42. The minimum atomic E-state index is -0.530. The minimum absolute atomic E-state index is 0.0237. The van der Waals surface area contributed by atoms with Gasteiger partial charge in [0.05, 0.1) is 0 Å². The Kier molecular flexibility index (Phi) is 7.40. The molecule has 34 heavy (non-hydrogen) atoms. The van der Waals surface area contributed by atoms with Crippen molar-refractivity contribution in [3.63, 3.8) is 0 Å². The van der Waals surface area contributed by atoms with Crippen LogP contribution < -0.4 is 10.6 Å². The first kappa shape index (κ1) is 24.4. The summed E-state index contributed by atoms with van der Waals surface area (Å²) in [6.07, 6.45) is 2.46. The molecule has 4 rings (SSSR count). The molecule has 1 aromatic heterocycles. The number of fused-ring (bicyclic) bond motifs is 1. The maximum atomic E-state index is 12.8. The van der Waals surface area contributed by atoms with Crippen LogP contribution in [0.5, 0.6) is 0 Å². The van der Waals surface area contributed by atoms with Gasteiger partial charge in [0.25, 0.3) is 5.91 Å². The molecule has 184 valence electrons. The van der Waals surface area contributed by atoms with Gasteiger partial charge in [-0.1, -0.05) is 0 Å². The summed E-state index contributed by atoms with van der Waals surface area (Å²) >= 11 is 1.85. The summed E-state index contributed by atoms with van der Waals surface area (Å²) in [6, 6.07) is 7.20. The number of carbonyl (C=O) groups excluding carboxylic acids is 3. The molecule has 0 radical (unpaired) electrons. The highest BCUT2D eigenvalue weighted by atomic mass is 32.2. The molecule has 2 aliphatic rings. The number of amides is 3. The molecule has 2 fully saturated rings. The molecule has 1 aromatic carbocycles. The summed E-state index contributed by atoms with van der Waals surface area (Å²) in [7, 11) is 0. The number of anilines is 1. The van der Waals surface area contributed by atoms with Crippen molar-refractivity contribution in [2.24, 2.45) is 5.92 Å². The van der Waals surface area contributed by atoms with Gasteiger partial charge in [0.1, 0.15) is 11.2 Å². The van der Waals surface area contributed by atoms with Gasteiger partial charge in [-0.05, 0) is 70.7 Å². The van der Waals surface area contributed by atoms with Gasteiger partial charge in [0, 0.05) is 47.6 Å². The fraction of sp³-hybridized carbons (Fsp3) is 0.560. The van der Waals surface area contributed by atoms with Gasteiger partial charge in [-0.15, -0.1) is 0 Å². The Morgan fingerprint density at radius 2 is 1.76 bits per heavy atom. The van der Waals surface area contributed by atoms with Crippen LogP contribution in [0.25, 0.3) is 11.0 Å². The Balaban J connectivity index is 1.31. The van der Waals surface area contributed by atoms with Crippen molar-refractivity contribution in [3.8, 4) is 0 Å². The predicted octanol–water partition coefficient (Wildman–Crippen LogP) is 4.64. The summed E-state index contributed by atoms with van der Waals surface area (Å²) < 4.78 is 11.1. The molecule has 2 aromatic rings. The van der Waals surface area contributed by atoms with Gasteiger partial charge in [-0.3, -0.25) is 9.59 Å². The summed E-state index contributed by atoms with van der Waals surface area (Å²) in [5, 5.41) is 6.70. The van der Waals surface area contributed by atoms with Gasteiger partial charge in [0.2, 0.25) is 5.91 Å². The first-order valence-corrected chi connectivity index (χ1v) is 13.0. The highest BCUT2D eigenvalue weighted by molar-refractivity contribution is 7.99. The van der Waals surface area contributed by atoms with Crippen LogP contribution >= 0.6 is 11.8 Å². The van der Waals surface area contributed by atoms with Crippen molar-refractivity contribution in [3.05, 3.63) is 30.0 Å². The van der Waals surface area contributed by atoms with Crippen molar-refractivity contribution in [2.45, 2.75) is 58.1 Å². The fourth-order valence-corrected chi connectivity index (χ4v) is 5.27. The molecule has 8 nitrogen and oxygen atoms in total. The summed E-state index contributed by atoms with van der Waals surface area (Å²) in [5.74, 6) is 2.01. The van der Waals surface area contributed by atoms with Gasteiger partial charge in [0.15, 0.2) is 5.76 Å². The Hall–Kier alpha value is -2.68. The number of furan rings is 1. The lowest BCUT2D eigenvalue weighted by Gasteiger charge is -2.29. The first-order valence-electron chi connectivity index (χ1n) is 11.9. The van der Waals surface area contributed by atoms with Crippen LogP contribution in [0.2, 0.25) is 0 Å². The Bertz CT molecular complexity index is 1050. The van der Waals surface area contributed by atoms with Crippen LogP contribution in [0.4, 0.5) is 10.5 Å². The van der Waals surface area contributed by atoms with E-state index in [0.717, 1.165) is 42.8 Å². The highest BCUT2D eigenvalue weighted by Crippen LogP contribution is 2.28. The molecule has 0 unspecified atom stereocenters. The topological polar surface area (TPSA) is 101 Å². The first-order chi connectivity index (χ1) is 16.2. The van der Waals surface area contributed by atoms with E-state index in [4.69, 9.17) is 9.15 Å². The Morgan fingerprint density at radius 3 is 2.44 bits per heavy atom. The minimum Gasteiger partial charge on any atom is -0.451 e. The van der Waals surface area contributed by atoms with E-state index < -0.39 is 11.7 Å². The molecule has 0 atom stereocenters. The normalized spacial score (nSPS) is 21.2.